The molecule has 2 aromatic carbocycles. The zero-order valence-corrected chi connectivity index (χ0v) is 15.6. The molecule has 0 unspecified atom stereocenters. The third kappa shape index (κ3) is 3.87. The third-order valence-corrected chi connectivity index (χ3v) is 5.57. The molecule has 0 radical (unpaired) electrons. The van der Waals surface area contributed by atoms with Crippen LogP contribution in [-0.2, 0) is 4.79 Å². The van der Waals surface area contributed by atoms with Crippen molar-refractivity contribution >= 4 is 16.8 Å². The van der Waals surface area contributed by atoms with Crippen LogP contribution in [0.5, 0.6) is 0 Å². The average molecular weight is 402 g/mol. The first-order valence-electron chi connectivity index (χ1n) is 9.60. The van der Waals surface area contributed by atoms with E-state index in [1.54, 1.807) is 12.1 Å². The van der Waals surface area contributed by atoms with Crippen LogP contribution in [0.1, 0.15) is 30.7 Å². The molecule has 0 atom stereocenters. The molecule has 1 aromatic heterocycles. The molecule has 3 N–H and O–H groups in total. The lowest BCUT2D eigenvalue weighted by Crippen LogP contribution is -2.35. The van der Waals surface area contributed by atoms with Gasteiger partial charge in [-0.1, -0.05) is 0 Å². The Morgan fingerprint density at radius 1 is 1.10 bits per heavy atom. The Bertz CT molecular complexity index is 1040. The highest BCUT2D eigenvalue weighted by molar-refractivity contribution is 5.92. The summed E-state index contributed by atoms with van der Waals surface area (Å²) in [6, 6.07) is 8.07. The molecule has 4 nitrogen and oxygen atoms in total. The standard InChI is InChI=1S/C22H21F3N2O2/c23-15-3-1-13(2-4-15)21-20(17-9-16(24)10-18(25)22(17)27-21)14-7-12(8-14)11-26-19(29)5-6-28/h1-4,9-10,12,14,27-28H,5-8,11H2,(H,26,29)/t12-,14+. The zero-order chi connectivity index (χ0) is 20.5. The van der Waals surface area contributed by atoms with Crippen LogP contribution < -0.4 is 5.32 Å². The summed E-state index contributed by atoms with van der Waals surface area (Å²) in [4.78, 5) is 14.6. The predicted molar refractivity (Wildman–Crippen MR) is 104 cm³/mol. The second-order valence-corrected chi connectivity index (χ2v) is 7.54. The van der Waals surface area contributed by atoms with Crippen LogP contribution in [0.25, 0.3) is 22.2 Å². The maximum atomic E-state index is 14.4. The number of hydrogen-bond donors (Lipinski definition) is 3. The fraction of sp³-hybridized carbons (Fsp3) is 0.318. The monoisotopic (exact) mass is 402 g/mol. The van der Waals surface area contributed by atoms with E-state index >= 15 is 0 Å². The van der Waals surface area contributed by atoms with Crippen LogP contribution in [0, 0.1) is 23.4 Å². The Morgan fingerprint density at radius 2 is 1.83 bits per heavy atom. The van der Waals surface area contributed by atoms with Gasteiger partial charge in [-0.05, 0) is 66.1 Å². The van der Waals surface area contributed by atoms with Crippen molar-refractivity contribution in [3.63, 3.8) is 0 Å². The summed E-state index contributed by atoms with van der Waals surface area (Å²) >= 11 is 0. The number of halogens is 3. The number of aliphatic hydroxyl groups is 1. The van der Waals surface area contributed by atoms with Crippen LogP contribution in [0.2, 0.25) is 0 Å². The molecule has 0 spiro atoms. The van der Waals surface area contributed by atoms with Crippen molar-refractivity contribution < 1.29 is 23.1 Å². The molecule has 0 aliphatic heterocycles. The Hall–Kier alpha value is -2.80. The van der Waals surface area contributed by atoms with Crippen molar-refractivity contribution in [2.75, 3.05) is 13.2 Å². The number of rotatable bonds is 6. The van der Waals surface area contributed by atoms with Crippen molar-refractivity contribution in [1.29, 1.82) is 0 Å². The highest BCUT2D eigenvalue weighted by Gasteiger charge is 2.34. The molecule has 1 heterocycles. The van der Waals surface area contributed by atoms with Crippen molar-refractivity contribution in [2.45, 2.75) is 25.2 Å². The molecule has 1 saturated carbocycles. The van der Waals surface area contributed by atoms with Crippen LogP contribution in [0.3, 0.4) is 0 Å². The summed E-state index contributed by atoms with van der Waals surface area (Å²) in [5, 5.41) is 12.1. The fourth-order valence-corrected chi connectivity index (χ4v) is 4.09. The van der Waals surface area contributed by atoms with Crippen LogP contribution in [-0.4, -0.2) is 29.1 Å². The lowest BCUT2D eigenvalue weighted by molar-refractivity contribution is -0.122. The average Bonchev–Trinajstić information content (AvgIpc) is 3.01. The van der Waals surface area contributed by atoms with E-state index in [9.17, 15) is 18.0 Å². The Balaban J connectivity index is 1.64. The first-order chi connectivity index (χ1) is 14.0. The minimum absolute atomic E-state index is 0.0738. The zero-order valence-electron chi connectivity index (χ0n) is 15.6. The van der Waals surface area contributed by atoms with E-state index < -0.39 is 11.6 Å². The first kappa shape index (κ1) is 19.5. The summed E-state index contributed by atoms with van der Waals surface area (Å²) in [5.41, 5.74) is 2.43. The second kappa shape index (κ2) is 7.91. The van der Waals surface area contributed by atoms with E-state index in [0.29, 0.717) is 23.2 Å². The van der Waals surface area contributed by atoms with Crippen LogP contribution >= 0.6 is 0 Å². The largest absolute Gasteiger partial charge is 0.396 e. The maximum Gasteiger partial charge on any atom is 0.222 e. The molecule has 152 valence electrons. The molecule has 0 saturated heterocycles. The van der Waals surface area contributed by atoms with Crippen LogP contribution in [0.15, 0.2) is 36.4 Å². The number of fused-ring (bicyclic) bond motifs is 1. The second-order valence-electron chi connectivity index (χ2n) is 7.54. The van der Waals surface area contributed by atoms with Gasteiger partial charge in [-0.25, -0.2) is 13.2 Å². The van der Waals surface area contributed by atoms with Gasteiger partial charge in [0.05, 0.1) is 17.8 Å². The van der Waals surface area contributed by atoms with Crippen molar-refractivity contribution in [3.8, 4) is 11.3 Å². The topological polar surface area (TPSA) is 65.1 Å². The lowest BCUT2D eigenvalue weighted by atomic mass is 9.70. The molecule has 4 rings (SSSR count). The lowest BCUT2D eigenvalue weighted by Gasteiger charge is -2.36. The van der Waals surface area contributed by atoms with E-state index in [1.807, 2.05) is 0 Å². The number of aliphatic hydroxyl groups excluding tert-OH is 1. The molecule has 1 aliphatic rings. The van der Waals surface area contributed by atoms with Gasteiger partial charge in [0.25, 0.3) is 0 Å². The number of H-pyrrole nitrogens is 1. The van der Waals surface area contributed by atoms with Gasteiger partial charge < -0.3 is 15.4 Å². The molecule has 1 aliphatic carbocycles. The van der Waals surface area contributed by atoms with Crippen molar-refractivity contribution in [1.82, 2.24) is 10.3 Å². The third-order valence-electron chi connectivity index (χ3n) is 5.57. The molecule has 3 aromatic rings. The van der Waals surface area contributed by atoms with Gasteiger partial charge in [-0.15, -0.1) is 0 Å². The minimum Gasteiger partial charge on any atom is -0.396 e. The van der Waals surface area contributed by atoms with E-state index in [4.69, 9.17) is 5.11 Å². The first-order valence-corrected chi connectivity index (χ1v) is 9.60. The van der Waals surface area contributed by atoms with Gasteiger partial charge >= 0.3 is 0 Å². The van der Waals surface area contributed by atoms with Gasteiger partial charge in [-0.2, -0.15) is 0 Å². The van der Waals surface area contributed by atoms with Crippen molar-refractivity contribution in [3.05, 3.63) is 59.4 Å². The van der Waals surface area contributed by atoms with Gasteiger partial charge in [0.1, 0.15) is 17.5 Å². The molecular weight excluding hydrogens is 381 g/mol. The molecule has 1 fully saturated rings. The number of benzene rings is 2. The SMILES string of the molecule is O=C(CCO)NC[C@H]1C[C@@H](c2c(-c3ccc(F)cc3)[nH]c3c(F)cc(F)cc32)C1. The molecular formula is C22H21F3N2O2. The number of aromatic nitrogens is 1. The number of hydrogen-bond acceptors (Lipinski definition) is 2. The Labute approximate surface area is 165 Å². The smallest absolute Gasteiger partial charge is 0.222 e. The fourth-order valence-electron chi connectivity index (χ4n) is 4.09. The number of nitrogens with one attached hydrogen (secondary N) is 2. The van der Waals surface area contributed by atoms with E-state index in [1.165, 1.54) is 18.2 Å². The number of carbonyl (C=O) groups is 1. The van der Waals surface area contributed by atoms with Gasteiger partial charge in [-0.3, -0.25) is 4.79 Å². The molecule has 1 amide bonds. The summed E-state index contributed by atoms with van der Waals surface area (Å²) < 4.78 is 41.6. The van der Waals surface area contributed by atoms with Crippen molar-refractivity contribution in [2.24, 2.45) is 5.92 Å². The Kier molecular flexibility index (Phi) is 5.32. The summed E-state index contributed by atoms with van der Waals surface area (Å²) in [6.45, 7) is 0.318. The summed E-state index contributed by atoms with van der Waals surface area (Å²) in [5.74, 6) is -1.54. The molecule has 29 heavy (non-hydrogen) atoms. The predicted octanol–water partition coefficient (Wildman–Crippen LogP) is 4.24. The van der Waals surface area contributed by atoms with Gasteiger partial charge in [0, 0.05) is 24.4 Å². The van der Waals surface area contributed by atoms with Gasteiger partial charge in [0.15, 0.2) is 0 Å². The normalized spacial score (nSPS) is 18.6. The summed E-state index contributed by atoms with van der Waals surface area (Å²) in [6.07, 6.45) is 1.60. The summed E-state index contributed by atoms with van der Waals surface area (Å²) in [7, 11) is 0. The highest BCUT2D eigenvalue weighted by Crippen LogP contribution is 2.48. The minimum atomic E-state index is -0.665. The van der Waals surface area contributed by atoms with Gasteiger partial charge in [0.2, 0.25) is 5.91 Å². The highest BCUT2D eigenvalue weighted by atomic mass is 19.1. The van der Waals surface area contributed by atoms with Crippen LogP contribution in [0.4, 0.5) is 13.2 Å². The quantitative estimate of drug-likeness (QED) is 0.577. The maximum absolute atomic E-state index is 14.4. The molecule has 7 heteroatoms. The molecule has 0 bridgehead atoms. The van der Waals surface area contributed by atoms with E-state index in [-0.39, 0.29) is 42.1 Å². The van der Waals surface area contributed by atoms with E-state index in [0.717, 1.165) is 24.5 Å². The van der Waals surface area contributed by atoms with E-state index in [2.05, 4.69) is 10.3 Å². The number of amides is 1. The Morgan fingerprint density at radius 3 is 2.52 bits per heavy atom. The number of aromatic amines is 1. The number of carbonyl (C=O) groups excluding carboxylic acids is 1.